The Morgan fingerprint density at radius 2 is 1.91 bits per heavy atom. The lowest BCUT2D eigenvalue weighted by atomic mass is 10.0. The van der Waals surface area contributed by atoms with E-state index in [1.807, 2.05) is 13.0 Å². The van der Waals surface area contributed by atoms with Crippen LogP contribution in [0.3, 0.4) is 0 Å². The van der Waals surface area contributed by atoms with Crippen molar-refractivity contribution in [2.45, 2.75) is 64.6 Å². The number of phenols is 1. The van der Waals surface area contributed by atoms with Gasteiger partial charge < -0.3 is 25.4 Å². The molecule has 1 rings (SSSR count). The number of thiol groups is 1. The van der Waals surface area contributed by atoms with Gasteiger partial charge in [-0.05, 0) is 33.3 Å². The van der Waals surface area contributed by atoms with Gasteiger partial charge in [0.05, 0.1) is 6.07 Å². The van der Waals surface area contributed by atoms with E-state index >= 15 is 0 Å². The maximum absolute atomic E-state index is 13.4. The van der Waals surface area contributed by atoms with Crippen LogP contribution in [0.25, 0.3) is 0 Å². The van der Waals surface area contributed by atoms with Gasteiger partial charge in [-0.1, -0.05) is 38.0 Å². The summed E-state index contributed by atoms with van der Waals surface area (Å²) in [4.78, 5) is 39.8. The Hall–Kier alpha value is -2.93. The number of rotatable bonds is 11. The second-order valence-corrected chi connectivity index (χ2v) is 8.83. The number of hydrogen-bond acceptors (Lipinski definition) is 7. The Bertz CT molecular complexity index is 850. The van der Waals surface area contributed by atoms with Crippen LogP contribution in [0.4, 0.5) is 4.79 Å². The summed E-state index contributed by atoms with van der Waals surface area (Å²) in [6.45, 7) is 7.03. The molecule has 2 unspecified atom stereocenters. The molecule has 2 atom stereocenters. The summed E-state index contributed by atoms with van der Waals surface area (Å²) >= 11 is 4.16. The van der Waals surface area contributed by atoms with Gasteiger partial charge in [-0.2, -0.15) is 17.9 Å². The van der Waals surface area contributed by atoms with Crippen LogP contribution >= 0.6 is 12.6 Å². The lowest BCUT2D eigenvalue weighted by Gasteiger charge is -2.32. The number of benzene rings is 1. The number of nitrogens with one attached hydrogen (secondary N) is 2. The van der Waals surface area contributed by atoms with Crippen molar-refractivity contribution in [3.63, 3.8) is 0 Å². The minimum atomic E-state index is -1.28. The van der Waals surface area contributed by atoms with Gasteiger partial charge in [0.15, 0.2) is 0 Å². The quantitative estimate of drug-likeness (QED) is 0.220. The molecule has 1 aromatic rings. The van der Waals surface area contributed by atoms with Crippen LogP contribution in [0.15, 0.2) is 24.3 Å². The summed E-state index contributed by atoms with van der Waals surface area (Å²) in [5, 5.41) is 25.0. The second-order valence-electron chi connectivity index (χ2n) is 8.47. The summed E-state index contributed by atoms with van der Waals surface area (Å²) in [6.07, 6.45) is 1.82. The third-order valence-electron chi connectivity index (χ3n) is 4.57. The third-order valence-corrected chi connectivity index (χ3v) is 4.93. The molecule has 0 bridgehead atoms. The van der Waals surface area contributed by atoms with Crippen LogP contribution in [0, 0.1) is 11.3 Å². The molecule has 0 saturated carbocycles. The number of para-hydroxylation sites is 1. The summed E-state index contributed by atoms with van der Waals surface area (Å²) in [7, 11) is 0. The second kappa shape index (κ2) is 13.6. The first-order chi connectivity index (χ1) is 15.6. The van der Waals surface area contributed by atoms with Crippen molar-refractivity contribution in [1.29, 1.82) is 5.26 Å². The number of nitrogens with zero attached hydrogens (tertiary/aromatic N) is 2. The standard InChI is InChI=1S/C23H34N4O5S/c1-5-6-9-13-25-20(29)19(16-10-7-8-11-18(16)28)27(14-12-24)21(30)17(15-33)26-22(31)32-23(2,3)4/h7-8,10-11,17,19,28,33H,5-6,9,13-15H2,1-4H3,(H,25,29)(H,26,31). The predicted molar refractivity (Wildman–Crippen MR) is 128 cm³/mol. The molecule has 0 spiro atoms. The normalized spacial score (nSPS) is 12.7. The summed E-state index contributed by atoms with van der Waals surface area (Å²) in [6, 6.07) is 5.59. The topological polar surface area (TPSA) is 132 Å². The summed E-state index contributed by atoms with van der Waals surface area (Å²) in [5.41, 5.74) is -0.610. The van der Waals surface area contributed by atoms with E-state index in [4.69, 9.17) is 4.74 Å². The first-order valence-electron chi connectivity index (χ1n) is 10.9. The summed E-state index contributed by atoms with van der Waals surface area (Å²) < 4.78 is 5.21. The number of amides is 3. The van der Waals surface area contributed by atoms with Crippen molar-refractivity contribution in [3.05, 3.63) is 29.8 Å². The van der Waals surface area contributed by atoms with Crippen LogP contribution in [0.1, 0.15) is 58.6 Å². The van der Waals surface area contributed by atoms with Gasteiger partial charge in [0, 0.05) is 17.9 Å². The number of nitriles is 1. The molecular weight excluding hydrogens is 444 g/mol. The first kappa shape index (κ1) is 28.1. The van der Waals surface area contributed by atoms with Gasteiger partial charge in [-0.15, -0.1) is 0 Å². The molecule has 9 nitrogen and oxygen atoms in total. The Labute approximate surface area is 200 Å². The number of phenolic OH excluding ortho intramolecular Hbond substituents is 1. The molecule has 3 N–H and O–H groups in total. The molecule has 0 aromatic heterocycles. The zero-order chi connectivity index (χ0) is 25.0. The van der Waals surface area contributed by atoms with E-state index in [1.165, 1.54) is 12.1 Å². The smallest absolute Gasteiger partial charge is 0.408 e. The monoisotopic (exact) mass is 478 g/mol. The maximum Gasteiger partial charge on any atom is 0.408 e. The Morgan fingerprint density at radius 3 is 2.45 bits per heavy atom. The minimum absolute atomic E-state index is 0.0917. The molecule has 1 aromatic carbocycles. The lowest BCUT2D eigenvalue weighted by molar-refractivity contribution is -0.141. The number of ether oxygens (including phenoxy) is 1. The molecule has 0 aliphatic heterocycles. The average Bonchev–Trinajstić information content (AvgIpc) is 2.74. The minimum Gasteiger partial charge on any atom is -0.508 e. The van der Waals surface area contributed by atoms with Gasteiger partial charge in [0.2, 0.25) is 11.8 Å². The lowest BCUT2D eigenvalue weighted by Crippen LogP contribution is -2.54. The van der Waals surface area contributed by atoms with E-state index in [0.29, 0.717) is 6.54 Å². The highest BCUT2D eigenvalue weighted by Gasteiger charge is 2.36. The number of aromatic hydroxyl groups is 1. The molecule has 0 aliphatic carbocycles. The molecule has 33 heavy (non-hydrogen) atoms. The fourth-order valence-electron chi connectivity index (χ4n) is 3.06. The third kappa shape index (κ3) is 9.22. The highest BCUT2D eigenvalue weighted by atomic mass is 32.1. The van der Waals surface area contributed by atoms with Crippen molar-refractivity contribution >= 4 is 30.5 Å². The Balaban J connectivity index is 3.26. The highest BCUT2D eigenvalue weighted by Crippen LogP contribution is 2.29. The zero-order valence-electron chi connectivity index (χ0n) is 19.6. The highest BCUT2D eigenvalue weighted by molar-refractivity contribution is 7.80. The van der Waals surface area contributed by atoms with Gasteiger partial charge in [-0.3, -0.25) is 9.59 Å². The van der Waals surface area contributed by atoms with Crippen LogP contribution in [0.2, 0.25) is 0 Å². The van der Waals surface area contributed by atoms with Crippen molar-refractivity contribution in [1.82, 2.24) is 15.5 Å². The molecule has 0 heterocycles. The molecule has 0 radical (unpaired) electrons. The molecule has 0 aliphatic rings. The van der Waals surface area contributed by atoms with Crippen LogP contribution in [-0.4, -0.2) is 58.4 Å². The molecule has 10 heteroatoms. The molecule has 182 valence electrons. The van der Waals surface area contributed by atoms with Crippen molar-refractivity contribution < 1.29 is 24.2 Å². The first-order valence-corrected chi connectivity index (χ1v) is 11.5. The van der Waals surface area contributed by atoms with Crippen molar-refractivity contribution in [2.75, 3.05) is 18.8 Å². The Morgan fingerprint density at radius 1 is 1.24 bits per heavy atom. The zero-order valence-corrected chi connectivity index (χ0v) is 20.5. The van der Waals surface area contributed by atoms with Crippen LogP contribution in [0.5, 0.6) is 5.75 Å². The van der Waals surface area contributed by atoms with E-state index in [2.05, 4.69) is 23.3 Å². The molecule has 0 fully saturated rings. The molecular formula is C23H34N4O5S. The van der Waals surface area contributed by atoms with Gasteiger partial charge in [0.25, 0.3) is 0 Å². The number of carbonyl (C=O) groups is 3. The van der Waals surface area contributed by atoms with E-state index in [-0.39, 0.29) is 17.1 Å². The van der Waals surface area contributed by atoms with Gasteiger partial charge in [-0.25, -0.2) is 4.79 Å². The van der Waals surface area contributed by atoms with Crippen molar-refractivity contribution in [2.24, 2.45) is 0 Å². The predicted octanol–water partition coefficient (Wildman–Crippen LogP) is 2.91. The van der Waals surface area contributed by atoms with E-state index in [0.717, 1.165) is 24.2 Å². The summed E-state index contributed by atoms with van der Waals surface area (Å²) in [5.74, 6) is -1.52. The van der Waals surface area contributed by atoms with Crippen LogP contribution < -0.4 is 10.6 Å². The van der Waals surface area contributed by atoms with E-state index < -0.39 is 42.1 Å². The number of hydrogen-bond donors (Lipinski definition) is 4. The fourth-order valence-corrected chi connectivity index (χ4v) is 3.31. The fraction of sp³-hybridized carbons (Fsp3) is 0.565. The SMILES string of the molecule is CCCCCNC(=O)C(c1ccccc1O)N(CC#N)C(=O)C(CS)NC(=O)OC(C)(C)C. The number of alkyl carbamates (subject to hydrolysis) is 1. The van der Waals surface area contributed by atoms with Crippen LogP contribution in [-0.2, 0) is 14.3 Å². The average molecular weight is 479 g/mol. The maximum atomic E-state index is 13.4. The number of unbranched alkanes of at least 4 members (excludes halogenated alkanes) is 2. The van der Waals surface area contributed by atoms with E-state index in [9.17, 15) is 24.8 Å². The number of carbonyl (C=O) groups excluding carboxylic acids is 3. The molecule has 0 saturated heterocycles. The van der Waals surface area contributed by atoms with Crippen molar-refractivity contribution in [3.8, 4) is 11.8 Å². The van der Waals surface area contributed by atoms with E-state index in [1.54, 1.807) is 32.9 Å². The Kier molecular flexibility index (Phi) is 11.6. The largest absolute Gasteiger partial charge is 0.508 e. The molecule has 3 amide bonds. The van der Waals surface area contributed by atoms with Gasteiger partial charge in [0.1, 0.15) is 30.0 Å². The van der Waals surface area contributed by atoms with Gasteiger partial charge >= 0.3 is 6.09 Å².